The molecule has 3 heterocycles. The number of amides is 3. The van der Waals surface area contributed by atoms with E-state index in [1.54, 1.807) is 16.6 Å². The number of carboxylic acid groups (broad SMARTS) is 2. The van der Waals surface area contributed by atoms with Crippen LogP contribution in [0.15, 0.2) is 29.1 Å². The van der Waals surface area contributed by atoms with E-state index < -0.39 is 18.2 Å². The van der Waals surface area contributed by atoms with Gasteiger partial charge in [-0.15, -0.1) is 0 Å². The number of carboxylic acids is 1. The van der Waals surface area contributed by atoms with Crippen molar-refractivity contribution in [2.24, 2.45) is 0 Å². The zero-order valence-corrected chi connectivity index (χ0v) is 21.8. The second-order valence-electron chi connectivity index (χ2n) is 9.40. The minimum atomic E-state index is -5.08. The van der Waals surface area contributed by atoms with Gasteiger partial charge in [0.15, 0.2) is 0 Å². The summed E-state index contributed by atoms with van der Waals surface area (Å²) in [5.41, 5.74) is 2.20. The lowest BCUT2D eigenvalue weighted by molar-refractivity contribution is -0.192. The molecule has 13 nitrogen and oxygen atoms in total. The summed E-state index contributed by atoms with van der Waals surface area (Å²) in [6.07, 6.45) is -3.95. The van der Waals surface area contributed by atoms with Gasteiger partial charge in [0.25, 0.3) is 5.56 Å². The summed E-state index contributed by atoms with van der Waals surface area (Å²) in [6, 6.07) is 6.63. The molecule has 1 saturated heterocycles. The number of halogens is 3. The monoisotopic (exact) mass is 569 g/mol. The van der Waals surface area contributed by atoms with Crippen LogP contribution in [0, 0.1) is 0 Å². The number of anilines is 1. The predicted molar refractivity (Wildman–Crippen MR) is 139 cm³/mol. The number of urea groups is 1. The molecule has 0 unspecified atom stereocenters. The Kier molecular flexibility index (Phi) is 9.57. The van der Waals surface area contributed by atoms with Crippen molar-refractivity contribution in [2.75, 3.05) is 45.6 Å². The van der Waals surface area contributed by atoms with Crippen LogP contribution in [-0.2, 0) is 4.79 Å². The fourth-order valence-corrected chi connectivity index (χ4v) is 4.31. The molecule has 1 aliphatic rings. The summed E-state index contributed by atoms with van der Waals surface area (Å²) in [5.74, 6) is -2.75. The van der Waals surface area contributed by atoms with Gasteiger partial charge in [0, 0.05) is 31.6 Å². The molecule has 5 N–H and O–H groups in total. The Labute approximate surface area is 225 Å². The van der Waals surface area contributed by atoms with E-state index in [4.69, 9.17) is 9.90 Å². The Hall–Kier alpha value is -4.34. The van der Waals surface area contributed by atoms with E-state index in [2.05, 4.69) is 25.6 Å². The number of benzene rings is 1. The van der Waals surface area contributed by atoms with Gasteiger partial charge in [-0.1, -0.05) is 6.07 Å². The molecule has 40 heavy (non-hydrogen) atoms. The van der Waals surface area contributed by atoms with Crippen molar-refractivity contribution >= 4 is 40.3 Å². The quantitative estimate of drug-likeness (QED) is 0.282. The number of hydrogen-bond donors (Lipinski definition) is 5. The Morgan fingerprint density at radius 1 is 1.18 bits per heavy atom. The number of aromatic amines is 1. The second-order valence-corrected chi connectivity index (χ2v) is 9.40. The molecule has 4 rings (SSSR count). The van der Waals surface area contributed by atoms with Gasteiger partial charge in [-0.3, -0.25) is 4.79 Å². The standard InChI is InChI=1S/C22H29N7O4.C2HF3O2/c1-27(2)10-4-9-23-21(31)24-15-5-3-6-16-19(15)20-25-18(30)13-17(29(20)26-16)14-7-11-28(12-8-14)22(32)33;3-2(4,5)1(6)7/h3,5-6,13-14H,4,7-12H2,1-2H3,(H,25,30)(H,32,33)(H2,23,24,31);(H,6,7). The number of nitrogens with one attached hydrogen (secondary N) is 3. The first-order chi connectivity index (χ1) is 18.8. The lowest BCUT2D eigenvalue weighted by Crippen LogP contribution is -2.37. The SMILES string of the molecule is CN(C)CCCNC(=O)Nc1cccc2nn3c(C4CCN(C(=O)O)CC4)cc(=O)[nH]c3c12.O=C(O)C(F)(F)F. The number of likely N-dealkylation sites (tertiary alicyclic amines) is 1. The van der Waals surface area contributed by atoms with Gasteiger partial charge in [0.05, 0.1) is 22.3 Å². The number of carbonyl (C=O) groups is 3. The lowest BCUT2D eigenvalue weighted by atomic mass is 9.93. The maximum absolute atomic E-state index is 12.5. The molecule has 16 heteroatoms. The summed E-state index contributed by atoms with van der Waals surface area (Å²) in [4.78, 5) is 51.4. The van der Waals surface area contributed by atoms with Gasteiger partial charge in [-0.2, -0.15) is 18.3 Å². The fraction of sp³-hybridized carbons (Fsp3) is 0.458. The van der Waals surface area contributed by atoms with Gasteiger partial charge < -0.3 is 35.6 Å². The van der Waals surface area contributed by atoms with Crippen LogP contribution in [0.25, 0.3) is 16.6 Å². The highest BCUT2D eigenvalue weighted by atomic mass is 19.4. The predicted octanol–water partition coefficient (Wildman–Crippen LogP) is 2.74. The van der Waals surface area contributed by atoms with Crippen LogP contribution in [-0.4, -0.2) is 99.2 Å². The molecule has 0 atom stereocenters. The zero-order chi connectivity index (χ0) is 29.6. The average Bonchev–Trinajstić information content (AvgIpc) is 3.25. The molecule has 3 amide bonds. The van der Waals surface area contributed by atoms with Crippen LogP contribution >= 0.6 is 0 Å². The van der Waals surface area contributed by atoms with E-state index in [9.17, 15) is 32.7 Å². The largest absolute Gasteiger partial charge is 0.490 e. The van der Waals surface area contributed by atoms with Crippen LogP contribution in [0.1, 0.15) is 30.9 Å². The highest BCUT2D eigenvalue weighted by Gasteiger charge is 2.38. The van der Waals surface area contributed by atoms with Crippen molar-refractivity contribution in [1.82, 2.24) is 29.7 Å². The first-order valence-electron chi connectivity index (χ1n) is 12.3. The number of rotatable bonds is 6. The van der Waals surface area contributed by atoms with Crippen LogP contribution < -0.4 is 16.2 Å². The van der Waals surface area contributed by atoms with E-state index in [1.165, 1.54) is 11.0 Å². The summed E-state index contributed by atoms with van der Waals surface area (Å²) in [7, 11) is 3.97. The highest BCUT2D eigenvalue weighted by Crippen LogP contribution is 2.31. The molecule has 0 radical (unpaired) electrons. The van der Waals surface area contributed by atoms with Crippen molar-refractivity contribution in [2.45, 2.75) is 31.4 Å². The van der Waals surface area contributed by atoms with Crippen molar-refractivity contribution in [3.8, 4) is 0 Å². The summed E-state index contributed by atoms with van der Waals surface area (Å²) >= 11 is 0. The maximum Gasteiger partial charge on any atom is 0.490 e. The van der Waals surface area contributed by atoms with E-state index in [-0.39, 0.29) is 17.5 Å². The number of aliphatic carboxylic acids is 1. The van der Waals surface area contributed by atoms with E-state index in [0.29, 0.717) is 54.7 Å². The smallest absolute Gasteiger partial charge is 0.475 e. The number of fused-ring (bicyclic) bond motifs is 3. The zero-order valence-electron chi connectivity index (χ0n) is 21.8. The Morgan fingerprint density at radius 2 is 1.82 bits per heavy atom. The van der Waals surface area contributed by atoms with Crippen LogP contribution in [0.2, 0.25) is 0 Å². The lowest BCUT2D eigenvalue weighted by Gasteiger charge is -2.30. The maximum atomic E-state index is 12.5. The van der Waals surface area contributed by atoms with E-state index in [0.717, 1.165) is 18.7 Å². The molecule has 3 aromatic rings. The minimum Gasteiger partial charge on any atom is -0.475 e. The van der Waals surface area contributed by atoms with Gasteiger partial charge >= 0.3 is 24.3 Å². The van der Waals surface area contributed by atoms with Crippen LogP contribution in [0.4, 0.5) is 28.4 Å². The van der Waals surface area contributed by atoms with Crippen LogP contribution in [0.3, 0.4) is 0 Å². The number of nitrogens with zero attached hydrogens (tertiary/aromatic N) is 4. The van der Waals surface area contributed by atoms with Crippen LogP contribution in [0.5, 0.6) is 0 Å². The van der Waals surface area contributed by atoms with Gasteiger partial charge in [0.2, 0.25) is 0 Å². The van der Waals surface area contributed by atoms with Gasteiger partial charge in [-0.25, -0.2) is 18.9 Å². The molecular weight excluding hydrogens is 539 g/mol. The Balaban J connectivity index is 0.000000559. The summed E-state index contributed by atoms with van der Waals surface area (Å²) in [5, 5.41) is 27.4. The van der Waals surface area contributed by atoms with Crippen molar-refractivity contribution in [3.05, 3.63) is 40.3 Å². The molecule has 0 bridgehead atoms. The van der Waals surface area contributed by atoms with Gasteiger partial charge in [0.1, 0.15) is 5.65 Å². The molecule has 2 aromatic heterocycles. The average molecular weight is 570 g/mol. The number of carbonyl (C=O) groups excluding carboxylic acids is 1. The van der Waals surface area contributed by atoms with Gasteiger partial charge in [-0.05, 0) is 52.0 Å². The summed E-state index contributed by atoms with van der Waals surface area (Å²) in [6.45, 7) is 2.25. The third-order valence-electron chi connectivity index (χ3n) is 6.21. The Bertz CT molecular complexity index is 1430. The van der Waals surface area contributed by atoms with Crippen molar-refractivity contribution in [1.29, 1.82) is 0 Å². The molecule has 0 aliphatic carbocycles. The molecule has 1 aliphatic heterocycles. The third-order valence-corrected chi connectivity index (χ3v) is 6.21. The summed E-state index contributed by atoms with van der Waals surface area (Å²) < 4.78 is 33.5. The molecule has 218 valence electrons. The first kappa shape index (κ1) is 30.2. The number of aromatic nitrogens is 3. The minimum absolute atomic E-state index is 0.0103. The number of hydrogen-bond acceptors (Lipinski definition) is 6. The number of piperidine rings is 1. The number of alkyl halides is 3. The fourth-order valence-electron chi connectivity index (χ4n) is 4.31. The highest BCUT2D eigenvalue weighted by molar-refractivity contribution is 6.07. The molecular formula is C24H30F3N7O6. The normalized spacial score (nSPS) is 14.2. The molecule has 1 fully saturated rings. The molecule has 0 spiro atoms. The molecule has 0 saturated carbocycles. The second kappa shape index (κ2) is 12.7. The molecule has 1 aromatic carbocycles. The van der Waals surface area contributed by atoms with Crippen molar-refractivity contribution in [3.63, 3.8) is 0 Å². The topological polar surface area (TPSA) is 172 Å². The Morgan fingerprint density at radius 3 is 2.40 bits per heavy atom. The number of H-pyrrole nitrogens is 1. The van der Waals surface area contributed by atoms with Crippen molar-refractivity contribution < 1.29 is 37.8 Å². The first-order valence-corrected chi connectivity index (χ1v) is 12.3. The third kappa shape index (κ3) is 7.62. The van der Waals surface area contributed by atoms with E-state index in [1.807, 2.05) is 20.2 Å². The van der Waals surface area contributed by atoms with E-state index >= 15 is 0 Å².